The molecule has 1 fully saturated rings. The van der Waals surface area contributed by atoms with Crippen LogP contribution >= 0.6 is 0 Å². The molecule has 1 heterocycles. The van der Waals surface area contributed by atoms with E-state index in [1.165, 1.54) is 75.8 Å². The largest absolute Gasteiger partial charge is 0.308 e. The summed E-state index contributed by atoms with van der Waals surface area (Å²) in [5.74, 6) is 0. The van der Waals surface area contributed by atoms with E-state index in [0.29, 0.717) is 6.42 Å². The first kappa shape index (κ1) is 41.5. The van der Waals surface area contributed by atoms with Crippen molar-refractivity contribution in [2.75, 3.05) is 39.3 Å². The Morgan fingerprint density at radius 3 is 1.83 bits per heavy atom. The quantitative estimate of drug-likeness (QED) is 0.0853. The normalized spacial score (nSPS) is 15.1. The van der Waals surface area contributed by atoms with Crippen LogP contribution in [0, 0.1) is 24.7 Å². The van der Waals surface area contributed by atoms with E-state index in [2.05, 4.69) is 130 Å². The smallest absolute Gasteiger partial charge is 0.0235 e. The second-order valence-electron chi connectivity index (χ2n) is 14.6. The van der Waals surface area contributed by atoms with E-state index in [9.17, 15) is 0 Å². The van der Waals surface area contributed by atoms with Crippen molar-refractivity contribution < 1.29 is 0 Å². The molecule has 1 aromatic carbocycles. The van der Waals surface area contributed by atoms with Gasteiger partial charge in [0.25, 0.3) is 0 Å². The van der Waals surface area contributed by atoms with Crippen LogP contribution in [0.4, 0.5) is 0 Å². The highest BCUT2D eigenvalue weighted by molar-refractivity contribution is 5.91. The molecule has 0 bridgehead atoms. The number of benzene rings is 1. The Bertz CT molecular complexity index is 1220. The van der Waals surface area contributed by atoms with Gasteiger partial charge in [-0.25, -0.2) is 0 Å². The molecule has 0 amide bonds. The highest BCUT2D eigenvalue weighted by Gasteiger charge is 2.27. The molecule has 1 saturated heterocycles. The van der Waals surface area contributed by atoms with Gasteiger partial charge in [-0.1, -0.05) is 131 Å². The Labute approximate surface area is 286 Å². The predicted molar refractivity (Wildman–Crippen MR) is 208 cm³/mol. The van der Waals surface area contributed by atoms with Crippen LogP contribution in [0.1, 0.15) is 131 Å². The number of aryl methyl sites for hydroxylation is 2. The van der Waals surface area contributed by atoms with Crippen LogP contribution in [0.15, 0.2) is 70.9 Å². The number of unbranched alkanes of at least 4 members (excludes halogenated alkanes) is 3. The Hall–Kier alpha value is -2.49. The standard InChI is InChI=1S/C37H57N3.C6H14/c1-13-28(6)23-36(38)37(11,12)31(9)24-35(27(4)5)34(32(10)33-21-29(7)20-30(8)22-33)14-15-39-16-18-40(19-17-39)25-26(2)3;1-3-5-6-4-2/h20-22,24,38H,2,6,13-19,23,25H2,1,3-5,7-12H3;3-6H2,1-2H3/b31-24+,34-32+,38-36?;. The molecule has 1 aliphatic heterocycles. The lowest BCUT2D eigenvalue weighted by atomic mass is 9.76. The van der Waals surface area contributed by atoms with Crippen LogP contribution < -0.4 is 0 Å². The highest BCUT2D eigenvalue weighted by Crippen LogP contribution is 2.36. The maximum atomic E-state index is 8.91. The van der Waals surface area contributed by atoms with Crippen LogP contribution in [-0.2, 0) is 0 Å². The first-order chi connectivity index (χ1) is 21.6. The monoisotopic (exact) mass is 630 g/mol. The van der Waals surface area contributed by atoms with Gasteiger partial charge < -0.3 is 10.3 Å². The third kappa shape index (κ3) is 14.1. The fourth-order valence-corrected chi connectivity index (χ4v) is 5.98. The van der Waals surface area contributed by atoms with Crippen molar-refractivity contribution in [1.29, 1.82) is 5.41 Å². The number of nitrogens with zero attached hydrogens (tertiary/aromatic N) is 2. The van der Waals surface area contributed by atoms with E-state index in [0.717, 1.165) is 63.4 Å². The predicted octanol–water partition coefficient (Wildman–Crippen LogP) is 11.9. The summed E-state index contributed by atoms with van der Waals surface area (Å²) in [5, 5.41) is 8.91. The van der Waals surface area contributed by atoms with Gasteiger partial charge in [0, 0.05) is 56.8 Å². The number of allylic oxidation sites excluding steroid dienone is 6. The van der Waals surface area contributed by atoms with E-state index in [-0.39, 0.29) is 5.41 Å². The Kier molecular flexibility index (Phi) is 18.7. The molecule has 0 aliphatic carbocycles. The lowest BCUT2D eigenvalue weighted by Gasteiger charge is -2.35. The van der Waals surface area contributed by atoms with Gasteiger partial charge in [-0.05, 0) is 83.6 Å². The molecule has 0 atom stereocenters. The molecule has 2 rings (SSSR count). The fraction of sp³-hybridized carbons (Fsp3) is 0.605. The van der Waals surface area contributed by atoms with E-state index in [1.807, 2.05) is 0 Å². The van der Waals surface area contributed by atoms with Gasteiger partial charge in [0.2, 0.25) is 0 Å². The minimum absolute atomic E-state index is 0.322. The van der Waals surface area contributed by atoms with E-state index in [1.54, 1.807) is 0 Å². The van der Waals surface area contributed by atoms with Crippen LogP contribution in [0.5, 0.6) is 0 Å². The van der Waals surface area contributed by atoms with Gasteiger partial charge >= 0.3 is 0 Å². The summed E-state index contributed by atoms with van der Waals surface area (Å²) in [4.78, 5) is 5.15. The van der Waals surface area contributed by atoms with Gasteiger partial charge in [0.1, 0.15) is 0 Å². The molecule has 0 aromatic heterocycles. The van der Waals surface area contributed by atoms with Gasteiger partial charge in [-0.15, -0.1) is 0 Å². The van der Waals surface area contributed by atoms with Crippen molar-refractivity contribution >= 4 is 11.3 Å². The average Bonchev–Trinajstić information content (AvgIpc) is 2.99. The number of piperazine rings is 1. The van der Waals surface area contributed by atoms with Crippen molar-refractivity contribution in [3.8, 4) is 0 Å². The molecule has 0 radical (unpaired) electrons. The zero-order valence-electron chi connectivity index (χ0n) is 32.3. The van der Waals surface area contributed by atoms with Crippen LogP contribution in [0.2, 0.25) is 0 Å². The molecular formula is C43H71N3. The first-order valence-corrected chi connectivity index (χ1v) is 18.1. The summed E-state index contributed by atoms with van der Waals surface area (Å²) >= 11 is 0. The highest BCUT2D eigenvalue weighted by atomic mass is 15.3. The number of rotatable bonds is 16. The summed E-state index contributed by atoms with van der Waals surface area (Å²) in [7, 11) is 0. The van der Waals surface area contributed by atoms with E-state index >= 15 is 0 Å². The van der Waals surface area contributed by atoms with Crippen molar-refractivity contribution in [2.45, 2.75) is 128 Å². The topological polar surface area (TPSA) is 30.3 Å². The van der Waals surface area contributed by atoms with Gasteiger partial charge in [0.15, 0.2) is 0 Å². The Morgan fingerprint density at radius 2 is 1.37 bits per heavy atom. The molecule has 3 nitrogen and oxygen atoms in total. The molecule has 1 aliphatic rings. The SMILES string of the molecule is C=C(C)CN1CCN(CC/C(C(/C=C(\C)C(C)(C)C(=N)CC(=C)CC)=C(C)C)=C(/C)c2cc(C)cc(C)c2)CC1.CCCCCC. The lowest BCUT2D eigenvalue weighted by molar-refractivity contribution is 0.142. The Morgan fingerprint density at radius 1 is 0.848 bits per heavy atom. The van der Waals surface area contributed by atoms with Crippen LogP contribution in [0.25, 0.3) is 5.57 Å². The summed E-state index contributed by atoms with van der Waals surface area (Å²) in [5.41, 5.74) is 13.4. The zero-order valence-corrected chi connectivity index (χ0v) is 32.3. The molecule has 1 aromatic rings. The van der Waals surface area contributed by atoms with Crippen molar-refractivity contribution in [3.05, 3.63) is 87.6 Å². The zero-order chi connectivity index (χ0) is 35.0. The van der Waals surface area contributed by atoms with Gasteiger partial charge in [-0.2, -0.15) is 0 Å². The third-order valence-electron chi connectivity index (χ3n) is 9.59. The summed E-state index contributed by atoms with van der Waals surface area (Å²) in [6.45, 7) is 41.2. The number of hydrogen-bond donors (Lipinski definition) is 1. The van der Waals surface area contributed by atoms with Crippen LogP contribution in [-0.4, -0.2) is 54.8 Å². The Balaban J connectivity index is 0.00000160. The molecule has 0 saturated carbocycles. The molecule has 46 heavy (non-hydrogen) atoms. The van der Waals surface area contributed by atoms with E-state index < -0.39 is 0 Å². The minimum atomic E-state index is -0.322. The molecule has 0 spiro atoms. The third-order valence-corrected chi connectivity index (χ3v) is 9.59. The molecule has 0 unspecified atom stereocenters. The van der Waals surface area contributed by atoms with Crippen molar-refractivity contribution in [1.82, 2.24) is 9.80 Å². The number of hydrogen-bond acceptors (Lipinski definition) is 3. The number of nitrogens with one attached hydrogen (secondary N) is 1. The molecule has 3 heteroatoms. The maximum absolute atomic E-state index is 8.91. The molecular weight excluding hydrogens is 558 g/mol. The summed E-state index contributed by atoms with van der Waals surface area (Å²) in [6, 6.07) is 6.91. The van der Waals surface area contributed by atoms with Crippen molar-refractivity contribution in [2.24, 2.45) is 5.41 Å². The summed E-state index contributed by atoms with van der Waals surface area (Å²) in [6.07, 6.45) is 10.5. The van der Waals surface area contributed by atoms with Crippen LogP contribution in [0.3, 0.4) is 0 Å². The second-order valence-corrected chi connectivity index (χ2v) is 14.6. The first-order valence-electron chi connectivity index (χ1n) is 18.1. The fourth-order valence-electron chi connectivity index (χ4n) is 5.98. The average molecular weight is 630 g/mol. The van der Waals surface area contributed by atoms with Crippen molar-refractivity contribution in [3.63, 3.8) is 0 Å². The molecule has 1 N–H and O–H groups in total. The minimum Gasteiger partial charge on any atom is -0.308 e. The molecule has 258 valence electrons. The van der Waals surface area contributed by atoms with Gasteiger partial charge in [0.05, 0.1) is 0 Å². The maximum Gasteiger partial charge on any atom is 0.0235 e. The van der Waals surface area contributed by atoms with Gasteiger partial charge in [-0.3, -0.25) is 4.90 Å². The summed E-state index contributed by atoms with van der Waals surface area (Å²) < 4.78 is 0. The lowest BCUT2D eigenvalue weighted by Crippen LogP contribution is -2.46. The van der Waals surface area contributed by atoms with E-state index in [4.69, 9.17) is 5.41 Å². The second kappa shape index (κ2) is 20.7.